The predicted octanol–water partition coefficient (Wildman–Crippen LogP) is 3.77. The summed E-state index contributed by atoms with van der Waals surface area (Å²) in [6.07, 6.45) is 0.647. The standard InChI is InChI=1S/C14H13ClFNO/c15-11-2-1-3-12(9-11)18-14-5-4-10(6-7-17)8-13(14)16/h1-5,8-9H,6-7,17H2. The highest BCUT2D eigenvalue weighted by Crippen LogP contribution is 2.27. The first-order chi connectivity index (χ1) is 8.69. The summed E-state index contributed by atoms with van der Waals surface area (Å²) >= 11 is 5.83. The summed E-state index contributed by atoms with van der Waals surface area (Å²) in [6, 6.07) is 11.7. The van der Waals surface area contributed by atoms with Crippen molar-refractivity contribution in [2.45, 2.75) is 6.42 Å². The van der Waals surface area contributed by atoms with Gasteiger partial charge in [0.15, 0.2) is 11.6 Å². The van der Waals surface area contributed by atoms with Crippen LogP contribution in [0.3, 0.4) is 0 Å². The van der Waals surface area contributed by atoms with Crippen molar-refractivity contribution in [2.24, 2.45) is 5.73 Å². The fourth-order valence-electron chi connectivity index (χ4n) is 1.61. The molecule has 0 aliphatic rings. The first-order valence-corrected chi connectivity index (χ1v) is 5.99. The summed E-state index contributed by atoms with van der Waals surface area (Å²) in [6.45, 7) is 0.494. The van der Waals surface area contributed by atoms with Gasteiger partial charge >= 0.3 is 0 Å². The lowest BCUT2D eigenvalue weighted by Gasteiger charge is -2.08. The van der Waals surface area contributed by atoms with Gasteiger partial charge in [-0.3, -0.25) is 0 Å². The zero-order chi connectivity index (χ0) is 13.0. The highest BCUT2D eigenvalue weighted by molar-refractivity contribution is 6.30. The van der Waals surface area contributed by atoms with Crippen molar-refractivity contribution < 1.29 is 9.13 Å². The Bertz CT molecular complexity index is 545. The molecule has 0 saturated heterocycles. The SMILES string of the molecule is NCCc1ccc(Oc2cccc(Cl)c2)c(F)c1. The van der Waals surface area contributed by atoms with Crippen LogP contribution in [-0.4, -0.2) is 6.54 Å². The maximum atomic E-state index is 13.8. The van der Waals surface area contributed by atoms with Crippen LogP contribution < -0.4 is 10.5 Å². The van der Waals surface area contributed by atoms with Crippen molar-refractivity contribution in [3.8, 4) is 11.5 Å². The number of hydrogen-bond acceptors (Lipinski definition) is 2. The van der Waals surface area contributed by atoms with E-state index in [2.05, 4.69) is 0 Å². The van der Waals surface area contributed by atoms with E-state index in [9.17, 15) is 4.39 Å². The van der Waals surface area contributed by atoms with Crippen molar-refractivity contribution in [2.75, 3.05) is 6.54 Å². The van der Waals surface area contributed by atoms with Gasteiger partial charge in [-0.15, -0.1) is 0 Å². The van der Waals surface area contributed by atoms with Crippen LogP contribution in [0.2, 0.25) is 5.02 Å². The zero-order valence-corrected chi connectivity index (χ0v) is 10.5. The molecule has 0 radical (unpaired) electrons. The maximum absolute atomic E-state index is 13.8. The molecule has 0 fully saturated rings. The Kier molecular flexibility index (Phi) is 4.18. The van der Waals surface area contributed by atoms with Crippen LogP contribution in [-0.2, 0) is 6.42 Å². The van der Waals surface area contributed by atoms with Crippen LogP contribution in [0.5, 0.6) is 11.5 Å². The van der Waals surface area contributed by atoms with Crippen LogP contribution in [0, 0.1) is 5.82 Å². The van der Waals surface area contributed by atoms with Gasteiger partial charge in [-0.05, 0) is 48.9 Å². The minimum Gasteiger partial charge on any atom is -0.454 e. The minimum atomic E-state index is -0.402. The summed E-state index contributed by atoms with van der Waals surface area (Å²) in [5.41, 5.74) is 6.28. The second kappa shape index (κ2) is 5.85. The van der Waals surface area contributed by atoms with Crippen LogP contribution >= 0.6 is 11.6 Å². The van der Waals surface area contributed by atoms with E-state index >= 15 is 0 Å². The molecule has 2 aromatic carbocycles. The van der Waals surface area contributed by atoms with Crippen molar-refractivity contribution in [1.29, 1.82) is 0 Å². The van der Waals surface area contributed by atoms with Gasteiger partial charge in [0.1, 0.15) is 5.75 Å². The number of halogens is 2. The quantitative estimate of drug-likeness (QED) is 0.913. The molecule has 0 saturated carbocycles. The molecule has 94 valence electrons. The number of hydrogen-bond donors (Lipinski definition) is 1. The summed E-state index contributed by atoms with van der Waals surface area (Å²) < 4.78 is 19.2. The lowest BCUT2D eigenvalue weighted by atomic mass is 10.1. The average molecular weight is 266 g/mol. The van der Waals surface area contributed by atoms with E-state index in [1.54, 1.807) is 36.4 Å². The van der Waals surface area contributed by atoms with E-state index in [-0.39, 0.29) is 5.75 Å². The van der Waals surface area contributed by atoms with E-state index in [4.69, 9.17) is 22.1 Å². The Morgan fingerprint density at radius 1 is 1.17 bits per heavy atom. The van der Waals surface area contributed by atoms with E-state index in [0.717, 1.165) is 5.56 Å². The molecule has 0 amide bonds. The molecule has 18 heavy (non-hydrogen) atoms. The third-order valence-corrected chi connectivity index (χ3v) is 2.69. The highest BCUT2D eigenvalue weighted by Gasteiger charge is 2.06. The van der Waals surface area contributed by atoms with Crippen LogP contribution in [0.25, 0.3) is 0 Å². The molecular weight excluding hydrogens is 253 g/mol. The topological polar surface area (TPSA) is 35.2 Å². The van der Waals surface area contributed by atoms with Gasteiger partial charge in [-0.2, -0.15) is 0 Å². The van der Waals surface area contributed by atoms with Gasteiger partial charge in [-0.1, -0.05) is 23.7 Å². The van der Waals surface area contributed by atoms with Crippen molar-refractivity contribution >= 4 is 11.6 Å². The molecule has 2 N–H and O–H groups in total. The second-order valence-electron chi connectivity index (χ2n) is 3.86. The van der Waals surface area contributed by atoms with Gasteiger partial charge in [0.05, 0.1) is 0 Å². The molecule has 2 aromatic rings. The van der Waals surface area contributed by atoms with Crippen molar-refractivity contribution in [3.63, 3.8) is 0 Å². The lowest BCUT2D eigenvalue weighted by Crippen LogP contribution is -2.03. The molecule has 0 aliphatic heterocycles. The molecule has 2 nitrogen and oxygen atoms in total. The number of rotatable bonds is 4. The van der Waals surface area contributed by atoms with Gasteiger partial charge in [0.2, 0.25) is 0 Å². The summed E-state index contributed by atoms with van der Waals surface area (Å²) in [7, 11) is 0. The van der Waals surface area contributed by atoms with Crippen LogP contribution in [0.1, 0.15) is 5.56 Å². The minimum absolute atomic E-state index is 0.179. The lowest BCUT2D eigenvalue weighted by molar-refractivity contribution is 0.441. The van der Waals surface area contributed by atoms with Gasteiger partial charge in [0, 0.05) is 5.02 Å². The Morgan fingerprint density at radius 3 is 2.67 bits per heavy atom. The van der Waals surface area contributed by atoms with E-state index in [1.807, 2.05) is 0 Å². The van der Waals surface area contributed by atoms with Crippen molar-refractivity contribution in [3.05, 3.63) is 58.9 Å². The monoisotopic (exact) mass is 265 g/mol. The van der Waals surface area contributed by atoms with Gasteiger partial charge < -0.3 is 10.5 Å². The normalized spacial score (nSPS) is 10.4. The first kappa shape index (κ1) is 12.9. The summed E-state index contributed by atoms with van der Waals surface area (Å²) in [5.74, 6) is 0.284. The second-order valence-corrected chi connectivity index (χ2v) is 4.30. The van der Waals surface area contributed by atoms with E-state index in [0.29, 0.717) is 23.7 Å². The third-order valence-electron chi connectivity index (χ3n) is 2.45. The zero-order valence-electron chi connectivity index (χ0n) is 9.70. The van der Waals surface area contributed by atoms with Crippen molar-refractivity contribution in [1.82, 2.24) is 0 Å². The summed E-state index contributed by atoms with van der Waals surface area (Å²) in [5, 5.41) is 0.549. The Hall–Kier alpha value is -1.58. The fourth-order valence-corrected chi connectivity index (χ4v) is 1.79. The van der Waals surface area contributed by atoms with E-state index < -0.39 is 5.82 Å². The molecule has 0 bridgehead atoms. The van der Waals surface area contributed by atoms with Gasteiger partial charge in [-0.25, -0.2) is 4.39 Å². The van der Waals surface area contributed by atoms with Gasteiger partial charge in [0.25, 0.3) is 0 Å². The molecule has 0 atom stereocenters. The Labute approximate surface area is 110 Å². The maximum Gasteiger partial charge on any atom is 0.165 e. The molecule has 0 aliphatic carbocycles. The number of benzene rings is 2. The molecule has 2 rings (SSSR count). The molecule has 4 heteroatoms. The predicted molar refractivity (Wildman–Crippen MR) is 70.7 cm³/mol. The molecule has 0 unspecified atom stereocenters. The first-order valence-electron chi connectivity index (χ1n) is 5.61. The fraction of sp³-hybridized carbons (Fsp3) is 0.143. The highest BCUT2D eigenvalue weighted by atomic mass is 35.5. The average Bonchev–Trinajstić information content (AvgIpc) is 2.33. The van der Waals surface area contributed by atoms with Crippen LogP contribution in [0.15, 0.2) is 42.5 Å². The molecular formula is C14H13ClFNO. The van der Waals surface area contributed by atoms with E-state index in [1.165, 1.54) is 6.07 Å². The van der Waals surface area contributed by atoms with Crippen LogP contribution in [0.4, 0.5) is 4.39 Å². The number of nitrogens with two attached hydrogens (primary N) is 1. The number of ether oxygens (including phenoxy) is 1. The smallest absolute Gasteiger partial charge is 0.165 e. The third kappa shape index (κ3) is 3.22. The largest absolute Gasteiger partial charge is 0.454 e. The molecule has 0 aromatic heterocycles. The summed E-state index contributed by atoms with van der Waals surface area (Å²) in [4.78, 5) is 0. The molecule has 0 spiro atoms. The molecule has 0 heterocycles. The Balaban J connectivity index is 2.19. The Morgan fingerprint density at radius 2 is 2.00 bits per heavy atom.